The van der Waals surface area contributed by atoms with Crippen LogP contribution in [0.25, 0.3) is 0 Å². The molecule has 0 aromatic heterocycles. The molecule has 0 aliphatic rings. The molecule has 0 spiro atoms. The van der Waals surface area contributed by atoms with E-state index in [2.05, 4.69) is 29.3 Å². The molecule has 0 aliphatic carbocycles. The van der Waals surface area contributed by atoms with Crippen molar-refractivity contribution in [2.24, 2.45) is 0 Å². The van der Waals surface area contributed by atoms with E-state index in [1.54, 1.807) is 7.11 Å². The molecule has 0 fully saturated rings. The topological polar surface area (TPSA) is 21.3 Å². The van der Waals surface area contributed by atoms with Gasteiger partial charge in [0.2, 0.25) is 0 Å². The zero-order valence-corrected chi connectivity index (χ0v) is 10.2. The molecule has 2 atom stereocenters. The lowest BCUT2D eigenvalue weighted by molar-refractivity contribution is 0.0719. The molecule has 0 radical (unpaired) electrons. The number of hydrogen-bond acceptors (Lipinski definition) is 2. The zero-order valence-electron chi connectivity index (χ0n) is 10.2. The van der Waals surface area contributed by atoms with Gasteiger partial charge in [0.05, 0.1) is 6.10 Å². The van der Waals surface area contributed by atoms with Crippen LogP contribution in [0.2, 0.25) is 0 Å². The predicted octanol–water partition coefficient (Wildman–Crippen LogP) is 2.38. The van der Waals surface area contributed by atoms with Gasteiger partial charge in [-0.15, -0.1) is 11.8 Å². The maximum absolute atomic E-state index is 5.56. The summed E-state index contributed by atoms with van der Waals surface area (Å²) in [4.78, 5) is 0. The van der Waals surface area contributed by atoms with Gasteiger partial charge in [0, 0.05) is 19.6 Å². The number of hydrogen-bond donors (Lipinski definition) is 1. The van der Waals surface area contributed by atoms with Crippen LogP contribution in [0.4, 0.5) is 0 Å². The summed E-state index contributed by atoms with van der Waals surface area (Å²) in [6, 6.07) is 10.4. The first-order valence-corrected chi connectivity index (χ1v) is 5.48. The fourth-order valence-corrected chi connectivity index (χ4v) is 1.75. The molecule has 0 heterocycles. The van der Waals surface area contributed by atoms with Crippen molar-refractivity contribution in [3.8, 4) is 11.8 Å². The molecule has 0 aliphatic heterocycles. The van der Waals surface area contributed by atoms with Crippen LogP contribution in [0.3, 0.4) is 0 Å². The minimum atomic E-state index is 0.0482. The van der Waals surface area contributed by atoms with Gasteiger partial charge in [-0.2, -0.15) is 0 Å². The highest BCUT2D eigenvalue weighted by atomic mass is 16.5. The standard InChI is InChI=1S/C14H19NO/c1-4-5-11-13(15-2)14(16-3)12-9-7-6-8-10-12/h6-10,13-15H,11H2,1-3H3. The van der Waals surface area contributed by atoms with Crippen LogP contribution in [0.15, 0.2) is 30.3 Å². The fraction of sp³-hybridized carbons (Fsp3) is 0.429. The van der Waals surface area contributed by atoms with E-state index >= 15 is 0 Å². The molecule has 86 valence electrons. The summed E-state index contributed by atoms with van der Waals surface area (Å²) in [6.07, 6.45) is 0.840. The molecule has 1 aromatic rings. The molecule has 0 amide bonds. The third-order valence-corrected chi connectivity index (χ3v) is 2.62. The van der Waals surface area contributed by atoms with Crippen LogP contribution in [-0.4, -0.2) is 20.2 Å². The van der Waals surface area contributed by atoms with Crippen LogP contribution in [0.1, 0.15) is 25.0 Å². The van der Waals surface area contributed by atoms with Crippen molar-refractivity contribution < 1.29 is 4.74 Å². The molecule has 16 heavy (non-hydrogen) atoms. The summed E-state index contributed by atoms with van der Waals surface area (Å²) in [5.41, 5.74) is 1.18. The number of benzene rings is 1. The highest BCUT2D eigenvalue weighted by Crippen LogP contribution is 2.21. The second-order valence-corrected chi connectivity index (χ2v) is 3.59. The Hall–Kier alpha value is -1.30. The lowest BCUT2D eigenvalue weighted by Gasteiger charge is -2.24. The zero-order chi connectivity index (χ0) is 11.8. The largest absolute Gasteiger partial charge is 0.375 e. The van der Waals surface area contributed by atoms with Crippen molar-refractivity contribution in [3.63, 3.8) is 0 Å². The second-order valence-electron chi connectivity index (χ2n) is 3.59. The predicted molar refractivity (Wildman–Crippen MR) is 67.1 cm³/mol. The lowest BCUT2D eigenvalue weighted by Crippen LogP contribution is -2.32. The summed E-state index contributed by atoms with van der Waals surface area (Å²) >= 11 is 0. The van der Waals surface area contributed by atoms with Crippen LogP contribution >= 0.6 is 0 Å². The molecule has 2 nitrogen and oxygen atoms in total. The molecule has 0 saturated heterocycles. The van der Waals surface area contributed by atoms with Crippen LogP contribution in [0.5, 0.6) is 0 Å². The average molecular weight is 217 g/mol. The van der Waals surface area contributed by atoms with E-state index in [-0.39, 0.29) is 12.1 Å². The Bertz CT molecular complexity index is 350. The van der Waals surface area contributed by atoms with E-state index in [0.717, 1.165) is 6.42 Å². The highest BCUT2D eigenvalue weighted by molar-refractivity contribution is 5.20. The Balaban J connectivity index is 2.81. The van der Waals surface area contributed by atoms with Crippen LogP contribution < -0.4 is 5.32 Å². The Morgan fingerprint density at radius 3 is 2.50 bits per heavy atom. The van der Waals surface area contributed by atoms with E-state index in [1.165, 1.54) is 5.56 Å². The van der Waals surface area contributed by atoms with Gasteiger partial charge in [-0.3, -0.25) is 0 Å². The second kappa shape index (κ2) is 7.05. The Morgan fingerprint density at radius 2 is 2.00 bits per heavy atom. The first kappa shape index (κ1) is 12.8. The lowest BCUT2D eigenvalue weighted by atomic mass is 10.00. The molecule has 1 aromatic carbocycles. The van der Waals surface area contributed by atoms with Crippen molar-refractivity contribution in [1.82, 2.24) is 5.32 Å². The smallest absolute Gasteiger partial charge is 0.0983 e. The van der Waals surface area contributed by atoms with Gasteiger partial charge in [0.1, 0.15) is 0 Å². The van der Waals surface area contributed by atoms with E-state index < -0.39 is 0 Å². The number of likely N-dealkylation sites (N-methyl/N-ethyl adjacent to an activating group) is 1. The maximum Gasteiger partial charge on any atom is 0.0983 e. The van der Waals surface area contributed by atoms with Gasteiger partial charge in [0.15, 0.2) is 0 Å². The summed E-state index contributed by atoms with van der Waals surface area (Å²) in [6.45, 7) is 1.86. The van der Waals surface area contributed by atoms with Gasteiger partial charge < -0.3 is 10.1 Å². The van der Waals surface area contributed by atoms with Gasteiger partial charge in [0.25, 0.3) is 0 Å². The van der Waals surface area contributed by atoms with Crippen molar-refractivity contribution in [1.29, 1.82) is 0 Å². The maximum atomic E-state index is 5.56. The van der Waals surface area contributed by atoms with E-state index in [4.69, 9.17) is 4.74 Å². The third kappa shape index (κ3) is 3.37. The minimum Gasteiger partial charge on any atom is -0.375 e. The first-order valence-electron chi connectivity index (χ1n) is 5.48. The van der Waals surface area contributed by atoms with Crippen LogP contribution in [0, 0.1) is 11.8 Å². The SMILES string of the molecule is CC#CCC(NC)C(OC)c1ccccc1. The van der Waals surface area contributed by atoms with Gasteiger partial charge >= 0.3 is 0 Å². The van der Waals surface area contributed by atoms with Gasteiger partial charge in [-0.05, 0) is 19.5 Å². The average Bonchev–Trinajstić information content (AvgIpc) is 2.35. The van der Waals surface area contributed by atoms with E-state index in [9.17, 15) is 0 Å². The highest BCUT2D eigenvalue weighted by Gasteiger charge is 2.20. The Morgan fingerprint density at radius 1 is 1.31 bits per heavy atom. The molecule has 1 N–H and O–H groups in total. The Kier molecular flexibility index (Phi) is 5.63. The van der Waals surface area contributed by atoms with E-state index in [1.807, 2.05) is 32.2 Å². The minimum absolute atomic E-state index is 0.0482. The number of methoxy groups -OCH3 is 1. The fourth-order valence-electron chi connectivity index (χ4n) is 1.75. The molecule has 2 heteroatoms. The number of ether oxygens (including phenoxy) is 1. The normalized spacial score (nSPS) is 13.7. The monoisotopic (exact) mass is 217 g/mol. The molecule has 2 unspecified atom stereocenters. The van der Waals surface area contributed by atoms with Gasteiger partial charge in [-0.1, -0.05) is 30.3 Å². The number of rotatable bonds is 5. The van der Waals surface area contributed by atoms with Crippen molar-refractivity contribution >= 4 is 0 Å². The molecule has 0 bridgehead atoms. The van der Waals surface area contributed by atoms with Gasteiger partial charge in [-0.25, -0.2) is 0 Å². The molecular weight excluding hydrogens is 198 g/mol. The Labute approximate surface area is 98.0 Å². The van der Waals surface area contributed by atoms with Crippen molar-refractivity contribution in [2.75, 3.05) is 14.2 Å². The molecule has 1 rings (SSSR count). The summed E-state index contributed by atoms with van der Waals surface area (Å²) in [5, 5.41) is 3.26. The quantitative estimate of drug-likeness (QED) is 0.765. The summed E-state index contributed by atoms with van der Waals surface area (Å²) in [7, 11) is 3.68. The first-order chi connectivity index (χ1) is 7.83. The number of nitrogens with one attached hydrogen (secondary N) is 1. The van der Waals surface area contributed by atoms with Crippen LogP contribution in [-0.2, 0) is 4.74 Å². The molecule has 0 saturated carbocycles. The van der Waals surface area contributed by atoms with E-state index in [0.29, 0.717) is 0 Å². The van der Waals surface area contributed by atoms with Crippen molar-refractivity contribution in [3.05, 3.63) is 35.9 Å². The van der Waals surface area contributed by atoms with Crippen molar-refractivity contribution in [2.45, 2.75) is 25.5 Å². The summed E-state index contributed by atoms with van der Waals surface area (Å²) < 4.78 is 5.56. The summed E-state index contributed by atoms with van der Waals surface area (Å²) in [5.74, 6) is 6.01. The third-order valence-electron chi connectivity index (χ3n) is 2.62. The molecular formula is C14H19NO.